The number of hydrogen-bond donors (Lipinski definition) is 2. The van der Waals surface area contributed by atoms with E-state index in [2.05, 4.69) is 20.2 Å². The Morgan fingerprint density at radius 1 is 1.24 bits per heavy atom. The number of benzene rings is 1. The molecule has 9 heteroatoms. The first-order valence-electron chi connectivity index (χ1n) is 5.87. The molecule has 0 fully saturated rings. The van der Waals surface area contributed by atoms with Gasteiger partial charge >= 0.3 is 0 Å². The normalized spacial score (nSPS) is 11.4. The van der Waals surface area contributed by atoms with Crippen molar-refractivity contribution in [2.75, 3.05) is 11.8 Å². The number of anilines is 1. The third-order valence-corrected chi connectivity index (χ3v) is 4.74. The van der Waals surface area contributed by atoms with Crippen LogP contribution < -0.4 is 10.0 Å². The summed E-state index contributed by atoms with van der Waals surface area (Å²) < 4.78 is 27.0. The molecule has 0 saturated carbocycles. The molecule has 0 atom stereocenters. The maximum absolute atomic E-state index is 12.4. The molecule has 1 aromatic carbocycles. The molecule has 112 valence electrons. The van der Waals surface area contributed by atoms with E-state index in [1.54, 1.807) is 13.1 Å². The minimum absolute atomic E-state index is 0.0382. The smallest absolute Gasteiger partial charge is 0.264 e. The van der Waals surface area contributed by atoms with Crippen LogP contribution >= 0.6 is 23.2 Å². The van der Waals surface area contributed by atoms with Crippen LogP contribution in [0.3, 0.4) is 0 Å². The summed E-state index contributed by atoms with van der Waals surface area (Å²) in [5, 5.41) is 10.6. The Labute approximate surface area is 132 Å². The Morgan fingerprint density at radius 2 is 2.00 bits per heavy atom. The van der Waals surface area contributed by atoms with Gasteiger partial charge in [-0.05, 0) is 36.9 Å². The van der Waals surface area contributed by atoms with E-state index >= 15 is 0 Å². The lowest BCUT2D eigenvalue weighted by Crippen LogP contribution is -2.16. The first-order chi connectivity index (χ1) is 9.94. The highest BCUT2D eigenvalue weighted by Crippen LogP contribution is 2.29. The van der Waals surface area contributed by atoms with E-state index in [0.29, 0.717) is 17.1 Å². The van der Waals surface area contributed by atoms with E-state index in [0.717, 1.165) is 0 Å². The summed E-state index contributed by atoms with van der Waals surface area (Å²) in [6.07, 6.45) is 1.44. The number of sulfonamides is 1. The van der Waals surface area contributed by atoms with Crippen molar-refractivity contribution in [1.82, 2.24) is 15.5 Å². The zero-order valence-electron chi connectivity index (χ0n) is 11.0. The summed E-state index contributed by atoms with van der Waals surface area (Å²) in [7, 11) is -2.14. The largest absolute Gasteiger partial charge is 0.316 e. The number of hydrogen-bond acceptors (Lipinski definition) is 5. The van der Waals surface area contributed by atoms with Crippen LogP contribution in [-0.4, -0.2) is 25.7 Å². The minimum atomic E-state index is -3.87. The Balaban J connectivity index is 2.42. The van der Waals surface area contributed by atoms with Crippen molar-refractivity contribution >= 4 is 39.0 Å². The first kappa shape index (κ1) is 16.0. The summed E-state index contributed by atoms with van der Waals surface area (Å²) >= 11 is 12.0. The lowest BCUT2D eigenvalue weighted by Gasteiger charge is -2.11. The van der Waals surface area contributed by atoms with E-state index in [9.17, 15) is 8.42 Å². The third-order valence-electron chi connectivity index (χ3n) is 2.57. The van der Waals surface area contributed by atoms with Crippen molar-refractivity contribution in [1.29, 1.82) is 0 Å². The molecule has 2 rings (SSSR count). The average molecular weight is 347 g/mol. The Morgan fingerprint density at radius 3 is 2.62 bits per heavy atom. The van der Waals surface area contributed by atoms with Gasteiger partial charge in [0.1, 0.15) is 4.90 Å². The predicted octanol–water partition coefficient (Wildman–Crippen LogP) is 2.30. The molecule has 0 saturated heterocycles. The summed E-state index contributed by atoms with van der Waals surface area (Å²) in [5.74, 6) is 0.110. The van der Waals surface area contributed by atoms with Gasteiger partial charge < -0.3 is 5.32 Å². The molecular formula is C12H12Cl2N4O2S. The second-order valence-electron chi connectivity index (χ2n) is 4.12. The fourth-order valence-corrected chi connectivity index (χ4v) is 3.51. The van der Waals surface area contributed by atoms with Gasteiger partial charge in [-0.15, -0.1) is 5.10 Å². The second-order valence-corrected chi connectivity index (χ2v) is 6.58. The van der Waals surface area contributed by atoms with Gasteiger partial charge in [-0.3, -0.25) is 4.72 Å². The zero-order chi connectivity index (χ0) is 15.5. The van der Waals surface area contributed by atoms with Crippen molar-refractivity contribution < 1.29 is 8.42 Å². The number of halogens is 2. The van der Waals surface area contributed by atoms with Crippen molar-refractivity contribution in [2.45, 2.75) is 11.4 Å². The molecule has 0 aliphatic rings. The van der Waals surface area contributed by atoms with Gasteiger partial charge in [0.25, 0.3) is 10.0 Å². The second kappa shape index (κ2) is 6.57. The van der Waals surface area contributed by atoms with Crippen LogP contribution in [0.1, 0.15) is 5.56 Å². The van der Waals surface area contributed by atoms with E-state index in [1.165, 1.54) is 24.4 Å². The fourth-order valence-electron chi connectivity index (χ4n) is 1.65. The molecule has 1 aromatic heterocycles. The maximum atomic E-state index is 12.4. The summed E-state index contributed by atoms with van der Waals surface area (Å²) in [6.45, 7) is 0.420. The van der Waals surface area contributed by atoms with Crippen LogP contribution in [0.5, 0.6) is 0 Å². The molecule has 1 heterocycles. The zero-order valence-corrected chi connectivity index (χ0v) is 13.3. The molecule has 0 radical (unpaired) electrons. The van der Waals surface area contributed by atoms with E-state index < -0.39 is 10.0 Å². The lowest BCUT2D eigenvalue weighted by molar-refractivity contribution is 0.600. The lowest BCUT2D eigenvalue weighted by atomic mass is 10.2. The summed E-state index contributed by atoms with van der Waals surface area (Å²) in [5.41, 5.74) is 0.628. The summed E-state index contributed by atoms with van der Waals surface area (Å²) in [6, 6.07) is 5.89. The number of nitrogens with one attached hydrogen (secondary N) is 2. The third kappa shape index (κ3) is 3.82. The molecule has 2 N–H and O–H groups in total. The predicted molar refractivity (Wildman–Crippen MR) is 82.1 cm³/mol. The number of aromatic nitrogens is 2. The highest BCUT2D eigenvalue weighted by molar-refractivity contribution is 7.92. The monoisotopic (exact) mass is 346 g/mol. The number of rotatable bonds is 5. The van der Waals surface area contributed by atoms with Crippen molar-refractivity contribution in [3.63, 3.8) is 0 Å². The number of nitrogens with zero attached hydrogens (tertiary/aromatic N) is 2. The van der Waals surface area contributed by atoms with Gasteiger partial charge in [0, 0.05) is 17.8 Å². The highest BCUT2D eigenvalue weighted by Gasteiger charge is 2.20. The molecular weight excluding hydrogens is 335 g/mol. The molecule has 6 nitrogen and oxygen atoms in total. The molecule has 0 amide bonds. The van der Waals surface area contributed by atoms with E-state index in [4.69, 9.17) is 23.2 Å². The van der Waals surface area contributed by atoms with Crippen LogP contribution in [0, 0.1) is 0 Å². The minimum Gasteiger partial charge on any atom is -0.316 e. The molecule has 21 heavy (non-hydrogen) atoms. The van der Waals surface area contributed by atoms with Gasteiger partial charge in [0.05, 0.1) is 5.02 Å². The van der Waals surface area contributed by atoms with Crippen LogP contribution in [0.2, 0.25) is 10.0 Å². The Hall–Kier alpha value is -1.41. The van der Waals surface area contributed by atoms with Crippen molar-refractivity contribution in [2.24, 2.45) is 0 Å². The Bertz CT molecular complexity index is 738. The molecule has 0 aliphatic carbocycles. The van der Waals surface area contributed by atoms with Crippen LogP contribution in [0.4, 0.5) is 5.82 Å². The van der Waals surface area contributed by atoms with Crippen LogP contribution in [0.25, 0.3) is 0 Å². The fraction of sp³-hybridized carbons (Fsp3) is 0.167. The van der Waals surface area contributed by atoms with Gasteiger partial charge in [0.15, 0.2) is 5.82 Å². The van der Waals surface area contributed by atoms with Gasteiger partial charge in [-0.2, -0.15) is 5.10 Å². The van der Waals surface area contributed by atoms with Crippen molar-refractivity contribution in [3.8, 4) is 0 Å². The van der Waals surface area contributed by atoms with Crippen LogP contribution in [0.15, 0.2) is 35.4 Å². The van der Waals surface area contributed by atoms with Crippen molar-refractivity contribution in [3.05, 3.63) is 46.1 Å². The average Bonchev–Trinajstić information content (AvgIpc) is 2.42. The maximum Gasteiger partial charge on any atom is 0.264 e. The molecule has 0 bridgehead atoms. The topological polar surface area (TPSA) is 84.0 Å². The highest BCUT2D eigenvalue weighted by atomic mass is 35.5. The Kier molecular flexibility index (Phi) is 5.00. The molecule has 2 aromatic rings. The van der Waals surface area contributed by atoms with Gasteiger partial charge in [0.2, 0.25) is 0 Å². The van der Waals surface area contributed by atoms with Gasteiger partial charge in [-0.1, -0.05) is 23.2 Å². The molecule has 0 unspecified atom stereocenters. The quantitative estimate of drug-likeness (QED) is 0.867. The van der Waals surface area contributed by atoms with Gasteiger partial charge in [-0.25, -0.2) is 8.42 Å². The first-order valence-corrected chi connectivity index (χ1v) is 8.11. The SMILES string of the molecule is CNCc1cc(S(=O)(=O)Nc2cccnn2)c(Cl)cc1Cl. The molecule has 0 aliphatic heterocycles. The standard InChI is InChI=1S/C12H12Cl2N4O2S/c1-15-7-8-5-11(10(14)6-9(8)13)21(19,20)18-12-3-2-4-16-17-12/h2-6,15H,7H2,1H3,(H,17,18). The van der Waals surface area contributed by atoms with Crippen LogP contribution in [-0.2, 0) is 16.6 Å². The molecule has 0 spiro atoms. The van der Waals surface area contributed by atoms with E-state index in [-0.39, 0.29) is 15.7 Å². The van der Waals surface area contributed by atoms with E-state index in [1.807, 2.05) is 0 Å². The summed E-state index contributed by atoms with van der Waals surface area (Å²) in [4.78, 5) is -0.0653.